The van der Waals surface area contributed by atoms with Crippen molar-refractivity contribution in [1.29, 1.82) is 0 Å². The van der Waals surface area contributed by atoms with E-state index in [2.05, 4.69) is 26.5 Å². The first-order valence-corrected chi connectivity index (χ1v) is 6.46. The lowest BCUT2D eigenvalue weighted by Crippen LogP contribution is -2.13. The van der Waals surface area contributed by atoms with Gasteiger partial charge in [-0.25, -0.2) is 0 Å². The first kappa shape index (κ1) is 13.7. The molecule has 0 spiro atoms. The van der Waals surface area contributed by atoms with Crippen molar-refractivity contribution in [1.82, 2.24) is 0 Å². The number of rotatable bonds is 6. The molecule has 4 nitrogen and oxygen atoms in total. The third-order valence-electron chi connectivity index (χ3n) is 1.92. The highest BCUT2D eigenvalue weighted by molar-refractivity contribution is 9.09. The molecule has 92 valence electrons. The van der Waals surface area contributed by atoms with Crippen LogP contribution in [0.25, 0.3) is 0 Å². The standard InChI is InChI=1S/C12H15BrN2O2/c1-2-17-12(16)8-11(9-13)15-14-10-6-4-3-5-7-10/h3-7,14H,2,8-9H2,1H3. The highest BCUT2D eigenvalue weighted by Crippen LogP contribution is 2.05. The van der Waals surface area contributed by atoms with Crippen LogP contribution in [0.4, 0.5) is 5.69 Å². The van der Waals surface area contributed by atoms with Gasteiger partial charge in [0.15, 0.2) is 0 Å². The molecule has 0 unspecified atom stereocenters. The Labute approximate surface area is 109 Å². The maximum atomic E-state index is 11.3. The maximum Gasteiger partial charge on any atom is 0.311 e. The molecule has 1 aromatic rings. The molecule has 1 rings (SSSR count). The zero-order valence-electron chi connectivity index (χ0n) is 9.65. The van der Waals surface area contributed by atoms with E-state index in [1.54, 1.807) is 6.92 Å². The summed E-state index contributed by atoms with van der Waals surface area (Å²) in [5.41, 5.74) is 4.48. The zero-order valence-corrected chi connectivity index (χ0v) is 11.2. The van der Waals surface area contributed by atoms with E-state index in [-0.39, 0.29) is 12.4 Å². The monoisotopic (exact) mass is 298 g/mol. The molecule has 0 aromatic heterocycles. The van der Waals surface area contributed by atoms with E-state index in [1.165, 1.54) is 0 Å². The Bertz CT molecular complexity index is 379. The minimum absolute atomic E-state index is 0.193. The first-order valence-electron chi connectivity index (χ1n) is 5.34. The molecule has 0 saturated heterocycles. The van der Waals surface area contributed by atoms with E-state index >= 15 is 0 Å². The van der Waals surface area contributed by atoms with Gasteiger partial charge < -0.3 is 4.74 Å². The second-order valence-corrected chi connectivity index (χ2v) is 3.83. The van der Waals surface area contributed by atoms with Crippen molar-refractivity contribution >= 4 is 33.3 Å². The summed E-state index contributed by atoms with van der Waals surface area (Å²) >= 11 is 3.29. The Morgan fingerprint density at radius 2 is 2.12 bits per heavy atom. The van der Waals surface area contributed by atoms with Crippen LogP contribution in [0.5, 0.6) is 0 Å². The number of carbonyl (C=O) groups is 1. The summed E-state index contributed by atoms with van der Waals surface area (Å²) in [6.45, 7) is 2.17. The maximum absolute atomic E-state index is 11.3. The summed E-state index contributed by atoms with van der Waals surface area (Å²) in [6.07, 6.45) is 0.193. The molecule has 5 heteroatoms. The Morgan fingerprint density at radius 3 is 2.71 bits per heavy atom. The van der Waals surface area contributed by atoms with Crippen molar-refractivity contribution in [3.63, 3.8) is 0 Å². The number of esters is 1. The van der Waals surface area contributed by atoms with Crippen LogP contribution in [0.2, 0.25) is 0 Å². The molecule has 0 saturated carbocycles. The van der Waals surface area contributed by atoms with Crippen LogP contribution >= 0.6 is 15.9 Å². The number of hydrazone groups is 1. The fourth-order valence-corrected chi connectivity index (χ4v) is 1.48. The summed E-state index contributed by atoms with van der Waals surface area (Å²) in [4.78, 5) is 11.3. The second kappa shape index (κ2) is 7.84. The molecule has 0 bridgehead atoms. The molecule has 0 amide bonds. The number of nitrogens with zero attached hydrogens (tertiary/aromatic N) is 1. The summed E-state index contributed by atoms with van der Waals surface area (Å²) < 4.78 is 4.86. The number of alkyl halides is 1. The fraction of sp³-hybridized carbons (Fsp3) is 0.333. The summed E-state index contributed by atoms with van der Waals surface area (Å²) in [5, 5.41) is 4.69. The molecular formula is C12H15BrN2O2. The predicted octanol–water partition coefficient (Wildman–Crippen LogP) is 2.80. The Hall–Kier alpha value is -1.36. The average Bonchev–Trinajstić information content (AvgIpc) is 2.36. The number of hydrogen-bond donors (Lipinski definition) is 1. The smallest absolute Gasteiger partial charge is 0.311 e. The number of benzene rings is 1. The van der Waals surface area contributed by atoms with Crippen molar-refractivity contribution in [2.45, 2.75) is 13.3 Å². The highest BCUT2D eigenvalue weighted by Gasteiger charge is 2.07. The number of anilines is 1. The molecule has 0 aliphatic heterocycles. The van der Waals surface area contributed by atoms with Crippen molar-refractivity contribution in [3.05, 3.63) is 30.3 Å². The van der Waals surface area contributed by atoms with E-state index in [9.17, 15) is 4.79 Å². The lowest BCUT2D eigenvalue weighted by atomic mass is 10.3. The summed E-state index contributed by atoms with van der Waals surface area (Å²) in [6, 6.07) is 9.56. The van der Waals surface area contributed by atoms with Gasteiger partial charge in [-0.3, -0.25) is 10.2 Å². The second-order valence-electron chi connectivity index (χ2n) is 3.27. The molecule has 0 radical (unpaired) electrons. The quantitative estimate of drug-likeness (QED) is 0.380. The minimum atomic E-state index is -0.263. The van der Waals surface area contributed by atoms with E-state index < -0.39 is 0 Å². The van der Waals surface area contributed by atoms with Gasteiger partial charge in [0.2, 0.25) is 0 Å². The Balaban J connectivity index is 2.52. The Morgan fingerprint density at radius 1 is 1.41 bits per heavy atom. The van der Waals surface area contributed by atoms with Crippen LogP contribution < -0.4 is 5.43 Å². The van der Waals surface area contributed by atoms with Gasteiger partial charge in [0.1, 0.15) is 0 Å². The van der Waals surface area contributed by atoms with Crippen LogP contribution in [-0.4, -0.2) is 23.6 Å². The van der Waals surface area contributed by atoms with Crippen LogP contribution in [0.3, 0.4) is 0 Å². The van der Waals surface area contributed by atoms with Crippen molar-refractivity contribution in [2.24, 2.45) is 5.10 Å². The Kier molecular flexibility index (Phi) is 6.32. The van der Waals surface area contributed by atoms with Crippen molar-refractivity contribution in [2.75, 3.05) is 17.4 Å². The highest BCUT2D eigenvalue weighted by atomic mass is 79.9. The SMILES string of the molecule is CCOC(=O)CC(CBr)=NNc1ccccc1. The molecule has 0 aliphatic rings. The van der Waals surface area contributed by atoms with Crippen LogP contribution in [-0.2, 0) is 9.53 Å². The van der Waals surface area contributed by atoms with Crippen molar-refractivity contribution in [3.8, 4) is 0 Å². The van der Waals surface area contributed by atoms with Crippen LogP contribution in [0.15, 0.2) is 35.4 Å². The number of para-hydroxylation sites is 1. The van der Waals surface area contributed by atoms with Crippen LogP contribution in [0, 0.1) is 0 Å². The molecule has 0 heterocycles. The zero-order chi connectivity index (χ0) is 12.5. The summed E-state index contributed by atoms with van der Waals surface area (Å²) in [5.74, 6) is -0.263. The number of ether oxygens (including phenoxy) is 1. The largest absolute Gasteiger partial charge is 0.466 e. The van der Waals surface area contributed by atoms with E-state index in [4.69, 9.17) is 4.74 Å². The molecule has 1 N–H and O–H groups in total. The molecule has 1 aromatic carbocycles. The third kappa shape index (κ3) is 5.49. The number of halogens is 1. The number of hydrogen-bond acceptors (Lipinski definition) is 4. The lowest BCUT2D eigenvalue weighted by Gasteiger charge is -2.04. The van der Waals surface area contributed by atoms with Gasteiger partial charge in [-0.05, 0) is 19.1 Å². The van der Waals surface area contributed by atoms with Gasteiger partial charge in [-0.2, -0.15) is 5.10 Å². The topological polar surface area (TPSA) is 50.7 Å². The van der Waals surface area contributed by atoms with Crippen LogP contribution in [0.1, 0.15) is 13.3 Å². The molecule has 0 aliphatic carbocycles. The van der Waals surface area contributed by atoms with E-state index in [0.717, 1.165) is 5.69 Å². The van der Waals surface area contributed by atoms with Gasteiger partial charge in [0.05, 0.1) is 24.4 Å². The number of nitrogens with one attached hydrogen (secondary N) is 1. The lowest BCUT2D eigenvalue weighted by molar-refractivity contribution is -0.141. The van der Waals surface area contributed by atoms with E-state index in [1.807, 2.05) is 30.3 Å². The van der Waals surface area contributed by atoms with Gasteiger partial charge in [-0.1, -0.05) is 34.1 Å². The molecule has 17 heavy (non-hydrogen) atoms. The minimum Gasteiger partial charge on any atom is -0.466 e. The van der Waals surface area contributed by atoms with E-state index in [0.29, 0.717) is 17.6 Å². The van der Waals surface area contributed by atoms with Gasteiger partial charge in [0, 0.05) is 5.33 Å². The molecule has 0 atom stereocenters. The van der Waals surface area contributed by atoms with Gasteiger partial charge >= 0.3 is 5.97 Å². The van der Waals surface area contributed by atoms with Crippen molar-refractivity contribution < 1.29 is 9.53 Å². The first-order chi connectivity index (χ1) is 8.26. The molecular weight excluding hydrogens is 284 g/mol. The van der Waals surface area contributed by atoms with Gasteiger partial charge in [0.25, 0.3) is 0 Å². The number of carbonyl (C=O) groups excluding carboxylic acids is 1. The fourth-order valence-electron chi connectivity index (χ4n) is 1.15. The third-order valence-corrected chi connectivity index (χ3v) is 2.57. The molecule has 0 fully saturated rings. The normalized spacial score (nSPS) is 11.1. The average molecular weight is 299 g/mol. The summed E-state index contributed by atoms with van der Waals surface area (Å²) in [7, 11) is 0. The predicted molar refractivity (Wildman–Crippen MR) is 72.5 cm³/mol. The van der Waals surface area contributed by atoms with Gasteiger partial charge in [-0.15, -0.1) is 0 Å².